The summed E-state index contributed by atoms with van der Waals surface area (Å²) in [6, 6.07) is 2.34. The highest BCUT2D eigenvalue weighted by Crippen LogP contribution is 2.32. The zero-order valence-corrected chi connectivity index (χ0v) is 11.4. The molecule has 2 atom stereocenters. The summed E-state index contributed by atoms with van der Waals surface area (Å²) >= 11 is 0. The first-order valence-electron chi connectivity index (χ1n) is 7.09. The maximum atomic E-state index is 2.76. The van der Waals surface area contributed by atoms with Crippen molar-refractivity contribution in [3.63, 3.8) is 0 Å². The maximum Gasteiger partial charge on any atom is 0.0151 e. The Kier molecular flexibility index (Phi) is 3.91. The first-order valence-corrected chi connectivity index (χ1v) is 7.09. The minimum atomic E-state index is 0.732. The lowest BCUT2D eigenvalue weighted by molar-refractivity contribution is -0.00293. The number of rotatable bonds is 2. The van der Waals surface area contributed by atoms with E-state index in [2.05, 4.69) is 37.5 Å². The molecule has 0 N–H and O–H groups in total. The van der Waals surface area contributed by atoms with Crippen molar-refractivity contribution in [3.05, 3.63) is 0 Å². The standard InChI is InChI=1S/C14H28N2/c1-11(2)15-9-7-14-13(10-15)6-5-8-16(14)12(3)4/h11-14H,5-10H2,1-4H3. The van der Waals surface area contributed by atoms with Crippen molar-refractivity contribution in [1.82, 2.24) is 9.80 Å². The van der Waals surface area contributed by atoms with Crippen molar-refractivity contribution in [2.75, 3.05) is 19.6 Å². The van der Waals surface area contributed by atoms with Crippen LogP contribution in [0.25, 0.3) is 0 Å². The monoisotopic (exact) mass is 224 g/mol. The average molecular weight is 224 g/mol. The van der Waals surface area contributed by atoms with Gasteiger partial charge in [-0.15, -0.1) is 0 Å². The van der Waals surface area contributed by atoms with Crippen LogP contribution < -0.4 is 0 Å². The molecular formula is C14H28N2. The van der Waals surface area contributed by atoms with Crippen LogP contribution in [0.15, 0.2) is 0 Å². The van der Waals surface area contributed by atoms with Gasteiger partial charge in [0.05, 0.1) is 0 Å². The number of piperidine rings is 2. The molecule has 0 radical (unpaired) electrons. The molecular weight excluding hydrogens is 196 g/mol. The summed E-state index contributed by atoms with van der Waals surface area (Å²) in [6.07, 6.45) is 4.25. The molecule has 2 fully saturated rings. The summed E-state index contributed by atoms with van der Waals surface area (Å²) in [7, 11) is 0. The number of likely N-dealkylation sites (tertiary alicyclic amines) is 2. The molecule has 2 saturated heterocycles. The van der Waals surface area contributed by atoms with Crippen molar-refractivity contribution in [2.45, 2.75) is 65.1 Å². The molecule has 2 rings (SSSR count). The van der Waals surface area contributed by atoms with Gasteiger partial charge in [0.25, 0.3) is 0 Å². The van der Waals surface area contributed by atoms with Gasteiger partial charge in [0.1, 0.15) is 0 Å². The normalized spacial score (nSPS) is 33.4. The molecule has 2 heterocycles. The lowest BCUT2D eigenvalue weighted by Gasteiger charge is -2.49. The third kappa shape index (κ3) is 2.43. The van der Waals surface area contributed by atoms with Crippen LogP contribution in [0.3, 0.4) is 0 Å². The van der Waals surface area contributed by atoms with Gasteiger partial charge < -0.3 is 4.90 Å². The number of fused-ring (bicyclic) bond motifs is 1. The number of nitrogens with zero attached hydrogens (tertiary/aromatic N) is 2. The van der Waals surface area contributed by atoms with Crippen LogP contribution in [0, 0.1) is 5.92 Å². The average Bonchev–Trinajstić information content (AvgIpc) is 2.27. The van der Waals surface area contributed by atoms with E-state index in [-0.39, 0.29) is 0 Å². The third-order valence-corrected chi connectivity index (χ3v) is 4.54. The molecule has 0 saturated carbocycles. The zero-order chi connectivity index (χ0) is 11.7. The predicted molar refractivity (Wildman–Crippen MR) is 69.7 cm³/mol. The van der Waals surface area contributed by atoms with Crippen LogP contribution in [0.2, 0.25) is 0 Å². The molecule has 0 aromatic carbocycles. The Balaban J connectivity index is 2.00. The summed E-state index contributed by atoms with van der Waals surface area (Å²) < 4.78 is 0. The van der Waals surface area contributed by atoms with Gasteiger partial charge in [0, 0.05) is 24.7 Å². The van der Waals surface area contributed by atoms with E-state index in [1.165, 1.54) is 38.9 Å². The van der Waals surface area contributed by atoms with Crippen molar-refractivity contribution < 1.29 is 0 Å². The van der Waals surface area contributed by atoms with E-state index < -0.39 is 0 Å². The van der Waals surface area contributed by atoms with E-state index >= 15 is 0 Å². The van der Waals surface area contributed by atoms with E-state index in [1.807, 2.05) is 0 Å². The number of hydrogen-bond donors (Lipinski definition) is 0. The fourth-order valence-electron chi connectivity index (χ4n) is 3.58. The molecule has 0 aromatic rings. The molecule has 0 aromatic heterocycles. The van der Waals surface area contributed by atoms with E-state index in [4.69, 9.17) is 0 Å². The van der Waals surface area contributed by atoms with Crippen LogP contribution in [0.1, 0.15) is 47.0 Å². The third-order valence-electron chi connectivity index (χ3n) is 4.54. The Hall–Kier alpha value is -0.0800. The zero-order valence-electron chi connectivity index (χ0n) is 11.4. The van der Waals surface area contributed by atoms with Crippen LogP contribution in [0.4, 0.5) is 0 Å². The Bertz CT molecular complexity index is 225. The van der Waals surface area contributed by atoms with Crippen molar-refractivity contribution >= 4 is 0 Å². The Morgan fingerprint density at radius 2 is 1.69 bits per heavy atom. The highest BCUT2D eigenvalue weighted by Gasteiger charge is 2.37. The Labute approximate surface area is 101 Å². The largest absolute Gasteiger partial charge is 0.301 e. The van der Waals surface area contributed by atoms with Crippen LogP contribution in [0.5, 0.6) is 0 Å². The molecule has 94 valence electrons. The first kappa shape index (κ1) is 12.4. The Morgan fingerprint density at radius 3 is 2.31 bits per heavy atom. The molecule has 0 spiro atoms. The topological polar surface area (TPSA) is 6.48 Å². The lowest BCUT2D eigenvalue weighted by atomic mass is 9.82. The maximum absolute atomic E-state index is 2.76. The lowest BCUT2D eigenvalue weighted by Crippen LogP contribution is -2.56. The van der Waals surface area contributed by atoms with Gasteiger partial charge in [-0.05, 0) is 66.0 Å². The second-order valence-electron chi connectivity index (χ2n) is 6.18. The molecule has 0 amide bonds. The highest BCUT2D eigenvalue weighted by molar-refractivity contribution is 4.92. The van der Waals surface area contributed by atoms with Crippen LogP contribution in [-0.4, -0.2) is 47.6 Å². The van der Waals surface area contributed by atoms with E-state index in [9.17, 15) is 0 Å². The van der Waals surface area contributed by atoms with Gasteiger partial charge in [-0.1, -0.05) is 0 Å². The molecule has 2 aliphatic heterocycles. The molecule has 0 bridgehead atoms. The summed E-state index contributed by atoms with van der Waals surface area (Å²) in [5.74, 6) is 0.937. The van der Waals surface area contributed by atoms with Gasteiger partial charge in [0.2, 0.25) is 0 Å². The van der Waals surface area contributed by atoms with E-state index in [1.54, 1.807) is 0 Å². The second kappa shape index (κ2) is 5.05. The summed E-state index contributed by atoms with van der Waals surface area (Å²) in [5, 5.41) is 0. The molecule has 0 aliphatic carbocycles. The molecule has 2 nitrogen and oxygen atoms in total. The Morgan fingerprint density at radius 1 is 0.938 bits per heavy atom. The highest BCUT2D eigenvalue weighted by atomic mass is 15.2. The number of hydrogen-bond acceptors (Lipinski definition) is 2. The quantitative estimate of drug-likeness (QED) is 0.711. The first-order chi connectivity index (χ1) is 7.59. The fraction of sp³-hybridized carbons (Fsp3) is 1.00. The van der Waals surface area contributed by atoms with Gasteiger partial charge >= 0.3 is 0 Å². The van der Waals surface area contributed by atoms with Gasteiger partial charge in [0.15, 0.2) is 0 Å². The minimum absolute atomic E-state index is 0.732. The van der Waals surface area contributed by atoms with Crippen molar-refractivity contribution in [3.8, 4) is 0 Å². The SMILES string of the molecule is CC(C)N1CCC2C(CCCN2C(C)C)C1. The molecule has 2 heteroatoms. The van der Waals surface area contributed by atoms with E-state index in [0.717, 1.165) is 24.0 Å². The van der Waals surface area contributed by atoms with Crippen LogP contribution >= 0.6 is 0 Å². The molecule has 2 unspecified atom stereocenters. The van der Waals surface area contributed by atoms with Gasteiger partial charge in [-0.2, -0.15) is 0 Å². The smallest absolute Gasteiger partial charge is 0.0151 e. The summed E-state index contributed by atoms with van der Waals surface area (Å²) in [5.41, 5.74) is 0. The summed E-state index contributed by atoms with van der Waals surface area (Å²) in [6.45, 7) is 13.4. The summed E-state index contributed by atoms with van der Waals surface area (Å²) in [4.78, 5) is 5.43. The van der Waals surface area contributed by atoms with E-state index in [0.29, 0.717) is 0 Å². The van der Waals surface area contributed by atoms with Crippen molar-refractivity contribution in [2.24, 2.45) is 5.92 Å². The predicted octanol–water partition coefficient (Wildman–Crippen LogP) is 2.59. The molecule has 16 heavy (non-hydrogen) atoms. The molecule has 2 aliphatic rings. The van der Waals surface area contributed by atoms with Crippen LogP contribution in [-0.2, 0) is 0 Å². The van der Waals surface area contributed by atoms with Crippen molar-refractivity contribution in [1.29, 1.82) is 0 Å². The fourth-order valence-corrected chi connectivity index (χ4v) is 3.58. The van der Waals surface area contributed by atoms with Gasteiger partial charge in [-0.3, -0.25) is 4.90 Å². The second-order valence-corrected chi connectivity index (χ2v) is 6.18. The van der Waals surface area contributed by atoms with Gasteiger partial charge in [-0.25, -0.2) is 0 Å². The minimum Gasteiger partial charge on any atom is -0.301 e.